The molecular formula is C12H18O2Si. The largest absolute Gasteiger partial charge is 0.406 e. The summed E-state index contributed by atoms with van der Waals surface area (Å²) in [5.74, 6) is 11.0. The Morgan fingerprint density at radius 2 is 1.80 bits per heavy atom. The first-order valence-corrected chi connectivity index (χ1v) is 7.93. The van der Waals surface area contributed by atoms with Crippen LogP contribution in [0.1, 0.15) is 0 Å². The van der Waals surface area contributed by atoms with Gasteiger partial charge in [0.2, 0.25) is 0 Å². The van der Waals surface area contributed by atoms with Gasteiger partial charge in [-0.3, -0.25) is 0 Å². The summed E-state index contributed by atoms with van der Waals surface area (Å²) in [7, 11) is 0.0337. The van der Waals surface area contributed by atoms with Crippen molar-refractivity contribution in [2.45, 2.75) is 19.1 Å². The highest BCUT2D eigenvalue weighted by molar-refractivity contribution is 6.71. The van der Waals surface area contributed by atoms with Crippen LogP contribution < -0.4 is 0 Å². The molecule has 0 fully saturated rings. The first-order valence-electron chi connectivity index (χ1n) is 4.82. The predicted octanol–water partition coefficient (Wildman–Crippen LogP) is 2.05. The molecule has 0 N–H and O–H groups in total. The Labute approximate surface area is 93.8 Å². The molecule has 3 heteroatoms. The molecule has 15 heavy (non-hydrogen) atoms. The molecule has 0 rings (SSSR count). The molecule has 0 saturated heterocycles. The summed E-state index contributed by atoms with van der Waals surface area (Å²) in [6, 6.07) is 0.948. The van der Waals surface area contributed by atoms with Crippen LogP contribution >= 0.6 is 0 Å². The summed E-state index contributed by atoms with van der Waals surface area (Å²) in [6.07, 6.45) is 1.90. The molecule has 2 nitrogen and oxygen atoms in total. The van der Waals surface area contributed by atoms with Gasteiger partial charge >= 0.3 is 0 Å². The molecule has 82 valence electrons. The monoisotopic (exact) mass is 222 g/mol. The van der Waals surface area contributed by atoms with Crippen molar-refractivity contribution in [1.29, 1.82) is 0 Å². The minimum atomic E-state index is -1.57. The third-order valence-electron chi connectivity index (χ3n) is 1.63. The summed E-state index contributed by atoms with van der Waals surface area (Å²) in [6.45, 7) is 8.87. The van der Waals surface area contributed by atoms with Crippen LogP contribution in [0.15, 0.2) is 12.7 Å². The average Bonchev–Trinajstić information content (AvgIpc) is 2.16. The number of allylic oxidation sites excluding steroid dienone is 1. The van der Waals surface area contributed by atoms with Gasteiger partial charge in [-0.05, 0) is 31.0 Å². The number of ether oxygens (including phenoxy) is 1. The van der Waals surface area contributed by atoms with Crippen molar-refractivity contribution in [1.82, 2.24) is 0 Å². The Balaban J connectivity index is 3.78. The zero-order valence-corrected chi connectivity index (χ0v) is 10.7. The van der Waals surface area contributed by atoms with Gasteiger partial charge in [0.05, 0.1) is 6.61 Å². The van der Waals surface area contributed by atoms with Gasteiger partial charge in [-0.1, -0.05) is 17.9 Å². The van der Waals surface area contributed by atoms with E-state index >= 15 is 0 Å². The lowest BCUT2D eigenvalue weighted by atomic mass is 10.5. The first kappa shape index (κ1) is 14.0. The molecule has 0 atom stereocenters. The fourth-order valence-electron chi connectivity index (χ4n) is 0.871. The van der Waals surface area contributed by atoms with E-state index in [0.29, 0.717) is 13.2 Å². The Bertz CT molecular complexity index is 299. The smallest absolute Gasteiger partial charge is 0.191 e. The molecule has 0 aliphatic carbocycles. The topological polar surface area (TPSA) is 18.5 Å². The van der Waals surface area contributed by atoms with Crippen molar-refractivity contribution >= 4 is 8.32 Å². The van der Waals surface area contributed by atoms with E-state index in [0.717, 1.165) is 6.04 Å². The summed E-state index contributed by atoms with van der Waals surface area (Å²) in [4.78, 5) is 0. The molecule has 0 unspecified atom stereocenters. The van der Waals surface area contributed by atoms with Crippen LogP contribution in [0.25, 0.3) is 0 Å². The maximum atomic E-state index is 5.67. The van der Waals surface area contributed by atoms with Crippen LogP contribution in [0.2, 0.25) is 19.1 Å². The summed E-state index contributed by atoms with van der Waals surface area (Å²) in [5.41, 5.74) is 0. The highest BCUT2D eigenvalue weighted by atomic mass is 28.4. The lowest BCUT2D eigenvalue weighted by Crippen LogP contribution is -2.29. The number of hydrogen-bond acceptors (Lipinski definition) is 2. The van der Waals surface area contributed by atoms with Crippen LogP contribution in [0.4, 0.5) is 0 Å². The average molecular weight is 222 g/mol. The second-order valence-corrected chi connectivity index (χ2v) is 7.79. The highest BCUT2D eigenvalue weighted by Crippen LogP contribution is 2.10. The Hall–Kier alpha value is -1.00. The third kappa shape index (κ3) is 9.30. The van der Waals surface area contributed by atoms with E-state index < -0.39 is 8.32 Å². The normalized spacial score (nSPS) is 9.53. The van der Waals surface area contributed by atoms with Gasteiger partial charge < -0.3 is 9.16 Å². The molecule has 0 spiro atoms. The van der Waals surface area contributed by atoms with Gasteiger partial charge in [0.15, 0.2) is 8.32 Å². The molecule has 0 aliphatic rings. The van der Waals surface area contributed by atoms with E-state index in [9.17, 15) is 0 Å². The molecule has 0 aromatic rings. The standard InChI is InChI=1S/C12H18O2Si/c1-5-12-15(3,4)14-11-9-7-6-8-10-13-2/h5H,1,10-12H2,2-4H3. The van der Waals surface area contributed by atoms with E-state index in [1.165, 1.54) is 0 Å². The van der Waals surface area contributed by atoms with Gasteiger partial charge in [-0.15, -0.1) is 6.58 Å². The quantitative estimate of drug-likeness (QED) is 0.403. The van der Waals surface area contributed by atoms with Crippen molar-refractivity contribution in [3.05, 3.63) is 12.7 Å². The fourth-order valence-corrected chi connectivity index (χ4v) is 2.15. The van der Waals surface area contributed by atoms with Crippen LogP contribution in [-0.2, 0) is 9.16 Å². The van der Waals surface area contributed by atoms with Gasteiger partial charge in [-0.25, -0.2) is 0 Å². The highest BCUT2D eigenvalue weighted by Gasteiger charge is 2.19. The summed E-state index contributed by atoms with van der Waals surface area (Å²) < 4.78 is 10.4. The molecule has 0 saturated carbocycles. The van der Waals surface area contributed by atoms with Gasteiger partial charge in [-0.2, -0.15) is 0 Å². The summed E-state index contributed by atoms with van der Waals surface area (Å²) in [5, 5.41) is 0. The minimum absolute atomic E-state index is 0.423. The van der Waals surface area contributed by atoms with E-state index in [4.69, 9.17) is 9.16 Å². The second-order valence-electron chi connectivity index (χ2n) is 3.58. The van der Waals surface area contributed by atoms with E-state index in [2.05, 4.69) is 43.4 Å². The van der Waals surface area contributed by atoms with Crippen molar-refractivity contribution in [3.63, 3.8) is 0 Å². The zero-order chi connectivity index (χ0) is 11.6. The minimum Gasteiger partial charge on any atom is -0.406 e. The van der Waals surface area contributed by atoms with E-state index in [1.807, 2.05) is 6.08 Å². The van der Waals surface area contributed by atoms with Crippen LogP contribution in [0.3, 0.4) is 0 Å². The SMILES string of the molecule is C=CC[Si](C)(C)OCC#CC#CCOC. The Morgan fingerprint density at radius 3 is 2.33 bits per heavy atom. The van der Waals surface area contributed by atoms with E-state index in [1.54, 1.807) is 7.11 Å². The van der Waals surface area contributed by atoms with Gasteiger partial charge in [0.1, 0.15) is 6.61 Å². The van der Waals surface area contributed by atoms with E-state index in [-0.39, 0.29) is 0 Å². The molecule has 0 amide bonds. The van der Waals surface area contributed by atoms with Crippen molar-refractivity contribution in [3.8, 4) is 23.7 Å². The lowest BCUT2D eigenvalue weighted by molar-refractivity contribution is 0.240. The van der Waals surface area contributed by atoms with Crippen LogP contribution in [0, 0.1) is 23.7 Å². The lowest BCUT2D eigenvalue weighted by Gasteiger charge is -2.18. The van der Waals surface area contributed by atoms with Gasteiger partial charge in [0.25, 0.3) is 0 Å². The number of hydrogen-bond donors (Lipinski definition) is 0. The molecule has 0 aromatic carbocycles. The Kier molecular flexibility index (Phi) is 7.76. The maximum absolute atomic E-state index is 5.67. The van der Waals surface area contributed by atoms with Crippen molar-refractivity contribution in [2.75, 3.05) is 20.3 Å². The molecule has 0 bridgehead atoms. The molecule has 0 aromatic heterocycles. The number of rotatable bonds is 5. The zero-order valence-electron chi connectivity index (χ0n) is 9.72. The molecule has 0 heterocycles. The first-order chi connectivity index (χ1) is 7.12. The summed E-state index contributed by atoms with van der Waals surface area (Å²) >= 11 is 0. The van der Waals surface area contributed by atoms with Crippen LogP contribution in [0.5, 0.6) is 0 Å². The maximum Gasteiger partial charge on any atom is 0.191 e. The molecule has 0 aliphatic heterocycles. The molecule has 0 radical (unpaired) electrons. The predicted molar refractivity (Wildman–Crippen MR) is 65.9 cm³/mol. The molecular weight excluding hydrogens is 204 g/mol. The van der Waals surface area contributed by atoms with Crippen LogP contribution in [-0.4, -0.2) is 28.6 Å². The van der Waals surface area contributed by atoms with Gasteiger partial charge in [0, 0.05) is 7.11 Å². The van der Waals surface area contributed by atoms with Crippen molar-refractivity contribution < 1.29 is 9.16 Å². The van der Waals surface area contributed by atoms with Crippen molar-refractivity contribution in [2.24, 2.45) is 0 Å². The fraction of sp³-hybridized carbons (Fsp3) is 0.500. The Morgan fingerprint density at radius 1 is 1.20 bits per heavy atom. The number of methoxy groups -OCH3 is 1. The second kappa shape index (κ2) is 8.32. The third-order valence-corrected chi connectivity index (χ3v) is 3.82.